The van der Waals surface area contributed by atoms with Crippen molar-refractivity contribution in [3.8, 4) is 0 Å². The Labute approximate surface area is 255 Å². The zero-order valence-corrected chi connectivity index (χ0v) is 25.9. The highest BCUT2D eigenvalue weighted by Gasteiger charge is 2.46. The zero-order valence-electron chi connectivity index (χ0n) is 24.1. The van der Waals surface area contributed by atoms with E-state index in [0.29, 0.717) is 54.6 Å². The molecule has 5 atom stereocenters. The predicted octanol–water partition coefficient (Wildman–Crippen LogP) is 4.63. The van der Waals surface area contributed by atoms with E-state index in [1.807, 2.05) is 31.0 Å². The second kappa shape index (κ2) is 12.2. The molecule has 3 aromatic rings. The van der Waals surface area contributed by atoms with Crippen LogP contribution in [0, 0.1) is 18.8 Å². The number of thiophene rings is 1. The van der Waals surface area contributed by atoms with Crippen LogP contribution >= 0.6 is 19.7 Å². The minimum Gasteiger partial charge on any atom is -0.348 e. The molecule has 0 bridgehead atoms. The Balaban J connectivity index is 1.16. The van der Waals surface area contributed by atoms with Crippen LogP contribution in [0.15, 0.2) is 42.7 Å². The minimum atomic E-state index is -2.77. The van der Waals surface area contributed by atoms with Gasteiger partial charge in [0, 0.05) is 42.6 Å². The topological polar surface area (TPSA) is 123 Å². The second-order valence-corrected chi connectivity index (χ2v) is 14.2. The fraction of sp³-hybridized carbons (Fsp3) is 0.484. The number of aromatic nitrogens is 1. The van der Waals surface area contributed by atoms with Gasteiger partial charge < -0.3 is 24.9 Å². The van der Waals surface area contributed by atoms with Crippen molar-refractivity contribution >= 4 is 47.5 Å². The van der Waals surface area contributed by atoms with Gasteiger partial charge in [-0.25, -0.2) is 4.39 Å². The largest absolute Gasteiger partial charge is 0.348 e. The molecule has 1 aliphatic carbocycles. The molecule has 12 heteroatoms. The van der Waals surface area contributed by atoms with Gasteiger partial charge in [0.15, 0.2) is 5.91 Å². The first-order valence-corrected chi connectivity index (χ1v) is 16.9. The number of hydrogen-bond acceptors (Lipinski definition) is 7. The van der Waals surface area contributed by atoms with Crippen LogP contribution in [0.4, 0.5) is 4.39 Å². The van der Waals surface area contributed by atoms with Crippen molar-refractivity contribution in [2.24, 2.45) is 11.8 Å². The second-order valence-electron chi connectivity index (χ2n) is 12.0. The third kappa shape index (κ3) is 6.05. The highest BCUT2D eigenvalue weighted by atomic mass is 32.1. The van der Waals surface area contributed by atoms with E-state index in [0.717, 1.165) is 28.7 Å². The van der Waals surface area contributed by atoms with Crippen LogP contribution in [0.3, 0.4) is 0 Å². The normalized spacial score (nSPS) is 23.8. The molecular formula is C31H36FN4O5PS. The summed E-state index contributed by atoms with van der Waals surface area (Å²) in [7, 11) is -2.77. The van der Waals surface area contributed by atoms with Crippen LogP contribution in [-0.4, -0.2) is 74.0 Å². The molecule has 0 radical (unpaired) electrons. The van der Waals surface area contributed by atoms with Crippen molar-refractivity contribution in [1.82, 2.24) is 20.1 Å². The molecule has 1 aromatic carbocycles. The summed E-state index contributed by atoms with van der Waals surface area (Å²) in [4.78, 5) is 67.8. The van der Waals surface area contributed by atoms with Crippen molar-refractivity contribution in [2.45, 2.75) is 63.4 Å². The first-order chi connectivity index (χ1) is 20.6. The molecule has 43 heavy (non-hydrogen) atoms. The van der Waals surface area contributed by atoms with E-state index in [1.165, 1.54) is 23.5 Å². The summed E-state index contributed by atoms with van der Waals surface area (Å²) >= 11 is 1.23. The maximum absolute atomic E-state index is 14.2. The molecule has 1 saturated carbocycles. The summed E-state index contributed by atoms with van der Waals surface area (Å²) in [5.74, 6) is -1.44. The highest BCUT2D eigenvalue weighted by Crippen LogP contribution is 2.47. The molecule has 6 rings (SSSR count). The van der Waals surface area contributed by atoms with E-state index in [1.54, 1.807) is 23.2 Å². The van der Waals surface area contributed by atoms with Crippen LogP contribution in [-0.2, 0) is 9.59 Å². The number of halogens is 1. The van der Waals surface area contributed by atoms with E-state index in [4.69, 9.17) is 0 Å². The van der Waals surface area contributed by atoms with Crippen molar-refractivity contribution in [2.75, 3.05) is 19.6 Å². The van der Waals surface area contributed by atoms with Crippen molar-refractivity contribution in [1.29, 1.82) is 0 Å². The Bertz CT molecular complexity index is 1550. The van der Waals surface area contributed by atoms with Gasteiger partial charge in [-0.15, -0.1) is 11.3 Å². The number of aryl methyl sites for hydroxylation is 1. The lowest BCUT2D eigenvalue weighted by atomic mass is 9.89. The Hall–Kier alpha value is -2.98. The lowest BCUT2D eigenvalue weighted by Crippen LogP contribution is -2.60. The van der Waals surface area contributed by atoms with Crippen LogP contribution < -0.4 is 5.32 Å². The number of amides is 3. The quantitative estimate of drug-likeness (QED) is 0.314. The summed E-state index contributed by atoms with van der Waals surface area (Å²) in [5.41, 5.74) is 2.45. The third-order valence-electron chi connectivity index (χ3n) is 9.24. The fourth-order valence-corrected chi connectivity index (χ4v) is 7.96. The summed E-state index contributed by atoms with van der Waals surface area (Å²) in [6.45, 7) is 5.67. The van der Waals surface area contributed by atoms with E-state index in [2.05, 4.69) is 10.3 Å². The lowest BCUT2D eigenvalue weighted by Gasteiger charge is -2.44. The molecular weight excluding hydrogens is 590 g/mol. The highest BCUT2D eigenvalue weighted by molar-refractivity contribution is 7.45. The molecule has 228 valence electrons. The number of hydrogen-bond donors (Lipinski definition) is 3. The Morgan fingerprint density at radius 3 is 2.70 bits per heavy atom. The SMILES string of the molecule is CC[C@@H](C(=O)N1CC(c2cnccc2C)C1)N1CC[C@@H]2CC2C[C@H](NC(=O)c2cc3cc(C(F)P(O)O)ccc3s2)C1=O. The molecule has 4 heterocycles. The van der Waals surface area contributed by atoms with E-state index >= 15 is 0 Å². The maximum Gasteiger partial charge on any atom is 0.262 e. The Morgan fingerprint density at radius 2 is 1.98 bits per heavy atom. The average molecular weight is 627 g/mol. The van der Waals surface area contributed by atoms with Crippen LogP contribution in [0.1, 0.15) is 70.8 Å². The number of nitrogens with zero attached hydrogens (tertiary/aromatic N) is 3. The Morgan fingerprint density at radius 1 is 1.19 bits per heavy atom. The fourth-order valence-electron chi connectivity index (χ4n) is 6.58. The van der Waals surface area contributed by atoms with Gasteiger partial charge in [0.1, 0.15) is 12.1 Å². The molecule has 0 spiro atoms. The zero-order chi connectivity index (χ0) is 30.4. The number of rotatable bonds is 8. The van der Waals surface area contributed by atoms with Gasteiger partial charge in [-0.3, -0.25) is 19.4 Å². The molecule has 3 aliphatic rings. The summed E-state index contributed by atoms with van der Waals surface area (Å²) in [6.07, 6.45) is 6.54. The number of benzene rings is 1. The Kier molecular flexibility index (Phi) is 8.52. The van der Waals surface area contributed by atoms with Gasteiger partial charge in [0.2, 0.25) is 20.2 Å². The van der Waals surface area contributed by atoms with Crippen molar-refractivity contribution in [3.05, 3.63) is 64.3 Å². The number of pyridine rings is 1. The summed E-state index contributed by atoms with van der Waals surface area (Å²) in [6, 6.07) is 6.94. The average Bonchev–Trinajstić information content (AvgIpc) is 3.54. The summed E-state index contributed by atoms with van der Waals surface area (Å²) in [5, 5.41) is 3.58. The smallest absolute Gasteiger partial charge is 0.262 e. The van der Waals surface area contributed by atoms with Crippen molar-refractivity contribution < 1.29 is 28.6 Å². The molecule has 2 unspecified atom stereocenters. The molecule has 2 aliphatic heterocycles. The number of carbonyl (C=O) groups excluding carboxylic acids is 3. The molecule has 2 aromatic heterocycles. The van der Waals surface area contributed by atoms with Crippen molar-refractivity contribution in [3.63, 3.8) is 0 Å². The maximum atomic E-state index is 14.2. The number of alkyl halides is 1. The van der Waals surface area contributed by atoms with Gasteiger partial charge >= 0.3 is 0 Å². The first-order valence-electron chi connectivity index (χ1n) is 14.8. The van der Waals surface area contributed by atoms with Crippen LogP contribution in [0.5, 0.6) is 0 Å². The predicted molar refractivity (Wildman–Crippen MR) is 163 cm³/mol. The third-order valence-corrected chi connectivity index (χ3v) is 11.1. The van der Waals surface area contributed by atoms with Gasteiger partial charge in [0.05, 0.1) is 4.88 Å². The monoisotopic (exact) mass is 626 g/mol. The molecule has 2 saturated heterocycles. The molecule has 3 N–H and O–H groups in total. The first kappa shape index (κ1) is 30.1. The standard InChI is InChI=1S/C31H36FN4O5PS/c1-3-25(31(39)35-15-22(16-35)23-14-33-8-6-17(23)2)36-9-7-18-10-20(18)12-24(30(36)38)34-29(37)27-13-21-11-19(28(32)42(40)41)4-5-26(21)43-27/h4-6,8,11,13-14,18,20,22,24-25,28,40-41H,3,7,9-10,12,15-16H2,1-2H3,(H,34,37)/t18-,20?,24+,25+,28?/m1/s1. The van der Waals surface area contributed by atoms with E-state index in [9.17, 15) is 28.6 Å². The molecule has 3 fully saturated rings. The number of fused-ring (bicyclic) bond motifs is 2. The van der Waals surface area contributed by atoms with Gasteiger partial charge in [-0.2, -0.15) is 0 Å². The summed E-state index contributed by atoms with van der Waals surface area (Å²) < 4.78 is 14.9. The lowest BCUT2D eigenvalue weighted by molar-refractivity contribution is -0.150. The van der Waals surface area contributed by atoms with Crippen LogP contribution in [0.25, 0.3) is 10.1 Å². The van der Waals surface area contributed by atoms with Crippen LogP contribution in [0.2, 0.25) is 0 Å². The van der Waals surface area contributed by atoms with E-state index < -0.39 is 26.4 Å². The minimum absolute atomic E-state index is 0.0486. The number of likely N-dealkylation sites (tertiary alicyclic amines) is 2. The van der Waals surface area contributed by atoms with Gasteiger partial charge in [-0.05, 0) is 90.8 Å². The number of carbonyl (C=O) groups is 3. The van der Waals surface area contributed by atoms with Gasteiger partial charge in [-0.1, -0.05) is 13.0 Å². The molecule has 3 amide bonds. The molecule has 9 nitrogen and oxygen atoms in total. The number of nitrogens with one attached hydrogen (secondary N) is 1. The van der Waals surface area contributed by atoms with E-state index in [-0.39, 0.29) is 29.2 Å². The van der Waals surface area contributed by atoms with Gasteiger partial charge in [0.25, 0.3) is 5.91 Å².